The van der Waals surface area contributed by atoms with Gasteiger partial charge in [0.15, 0.2) is 0 Å². The summed E-state index contributed by atoms with van der Waals surface area (Å²) in [5, 5.41) is 3.30. The zero-order chi connectivity index (χ0) is 11.3. The normalized spacial score (nSPS) is 12.5. The summed E-state index contributed by atoms with van der Waals surface area (Å²) in [6.45, 7) is 5.98. The second-order valence-corrected chi connectivity index (χ2v) is 4.69. The van der Waals surface area contributed by atoms with Crippen LogP contribution in [0.15, 0.2) is 35.1 Å². The third-order valence-corrected chi connectivity index (χ3v) is 2.77. The lowest BCUT2D eigenvalue weighted by atomic mass is 10.0. The quantitative estimate of drug-likeness (QED) is 0.828. The van der Waals surface area contributed by atoms with Crippen molar-refractivity contribution in [1.82, 2.24) is 10.3 Å². The van der Waals surface area contributed by atoms with Crippen molar-refractivity contribution < 1.29 is 0 Å². The number of nitrogens with zero attached hydrogens (tertiary/aromatic N) is 1. The van der Waals surface area contributed by atoms with Crippen molar-refractivity contribution >= 4 is 15.9 Å². The van der Waals surface area contributed by atoms with Crippen molar-refractivity contribution in [2.24, 2.45) is 0 Å². The first-order chi connectivity index (χ1) is 7.13. The molecular formula is C12H17BrN2. The van der Waals surface area contributed by atoms with Gasteiger partial charge in [-0.3, -0.25) is 4.98 Å². The highest BCUT2D eigenvalue weighted by Crippen LogP contribution is 2.21. The van der Waals surface area contributed by atoms with Crippen LogP contribution >= 0.6 is 15.9 Å². The molecule has 82 valence electrons. The molecule has 0 bridgehead atoms. The average Bonchev–Trinajstić information content (AvgIpc) is 2.18. The largest absolute Gasteiger partial charge is 0.313 e. The zero-order valence-electron chi connectivity index (χ0n) is 9.26. The van der Waals surface area contributed by atoms with E-state index in [4.69, 9.17) is 0 Å². The highest BCUT2D eigenvalue weighted by Gasteiger charge is 2.09. The molecule has 3 heteroatoms. The van der Waals surface area contributed by atoms with Crippen LogP contribution in [0.25, 0.3) is 0 Å². The zero-order valence-corrected chi connectivity index (χ0v) is 10.8. The molecule has 0 saturated heterocycles. The number of aromatic nitrogens is 1. The second kappa shape index (κ2) is 6.03. The fourth-order valence-corrected chi connectivity index (χ4v) is 1.87. The molecular weight excluding hydrogens is 252 g/mol. The first-order valence-corrected chi connectivity index (χ1v) is 5.85. The summed E-state index contributed by atoms with van der Waals surface area (Å²) in [5.74, 6) is 0. The van der Waals surface area contributed by atoms with Crippen molar-refractivity contribution in [2.75, 3.05) is 7.05 Å². The summed E-state index contributed by atoms with van der Waals surface area (Å²) in [5.41, 5.74) is 2.44. The summed E-state index contributed by atoms with van der Waals surface area (Å²) < 4.78 is 1.02. The van der Waals surface area contributed by atoms with E-state index in [-0.39, 0.29) is 0 Å². The molecule has 1 N–H and O–H groups in total. The molecule has 0 aliphatic heterocycles. The first kappa shape index (κ1) is 12.4. The van der Waals surface area contributed by atoms with Gasteiger partial charge in [0, 0.05) is 22.9 Å². The summed E-state index contributed by atoms with van der Waals surface area (Å²) >= 11 is 3.43. The molecule has 0 fully saturated rings. The molecule has 2 nitrogen and oxygen atoms in total. The SMILES string of the molecule is C=C(C)CCC(NC)c1cncc(Br)c1. The fourth-order valence-electron chi connectivity index (χ4n) is 1.49. The number of nitrogens with one attached hydrogen (secondary N) is 1. The molecule has 1 aromatic rings. The summed E-state index contributed by atoms with van der Waals surface area (Å²) in [6, 6.07) is 2.46. The van der Waals surface area contributed by atoms with E-state index in [1.54, 1.807) is 6.20 Å². The van der Waals surface area contributed by atoms with Gasteiger partial charge < -0.3 is 5.32 Å². The molecule has 15 heavy (non-hydrogen) atoms. The van der Waals surface area contributed by atoms with Gasteiger partial charge >= 0.3 is 0 Å². The maximum atomic E-state index is 4.17. The van der Waals surface area contributed by atoms with Gasteiger partial charge in [0.25, 0.3) is 0 Å². The predicted octanol–water partition coefficient (Wildman–Crippen LogP) is 3.46. The minimum atomic E-state index is 0.353. The Bertz CT molecular complexity index is 336. The molecule has 0 aliphatic rings. The van der Waals surface area contributed by atoms with Crippen LogP contribution in [0.2, 0.25) is 0 Å². The Balaban J connectivity index is 2.69. The summed E-state index contributed by atoms with van der Waals surface area (Å²) in [7, 11) is 1.98. The van der Waals surface area contributed by atoms with Crippen molar-refractivity contribution in [3.05, 3.63) is 40.6 Å². The highest BCUT2D eigenvalue weighted by molar-refractivity contribution is 9.10. The third-order valence-electron chi connectivity index (χ3n) is 2.34. The van der Waals surface area contributed by atoms with Crippen LogP contribution in [0, 0.1) is 0 Å². The van der Waals surface area contributed by atoms with Gasteiger partial charge in [0.05, 0.1) is 0 Å². The van der Waals surface area contributed by atoms with E-state index in [0.717, 1.165) is 17.3 Å². The molecule has 1 unspecified atom stereocenters. The minimum absolute atomic E-state index is 0.353. The highest BCUT2D eigenvalue weighted by atomic mass is 79.9. The lowest BCUT2D eigenvalue weighted by molar-refractivity contribution is 0.546. The van der Waals surface area contributed by atoms with E-state index < -0.39 is 0 Å². The van der Waals surface area contributed by atoms with Gasteiger partial charge in [-0.2, -0.15) is 0 Å². The molecule has 0 aliphatic carbocycles. The van der Waals surface area contributed by atoms with Gasteiger partial charge in [-0.25, -0.2) is 0 Å². The molecule has 0 spiro atoms. The first-order valence-electron chi connectivity index (χ1n) is 5.05. The maximum Gasteiger partial charge on any atom is 0.0410 e. The summed E-state index contributed by atoms with van der Waals surface area (Å²) in [6.07, 6.45) is 5.81. The molecule has 0 radical (unpaired) electrons. The molecule has 1 aromatic heterocycles. The van der Waals surface area contributed by atoms with Gasteiger partial charge in [-0.05, 0) is 54.4 Å². The molecule has 1 rings (SSSR count). The molecule has 0 amide bonds. The summed E-state index contributed by atoms with van der Waals surface area (Å²) in [4.78, 5) is 4.17. The standard InChI is InChI=1S/C12H17BrN2/c1-9(2)4-5-12(14-3)10-6-11(13)8-15-7-10/h6-8,12,14H,1,4-5H2,2-3H3. The Morgan fingerprint density at radius 2 is 2.33 bits per heavy atom. The van der Waals surface area contributed by atoms with Gasteiger partial charge in [0.2, 0.25) is 0 Å². The number of allylic oxidation sites excluding steroid dienone is 1. The Hall–Kier alpha value is -0.670. The van der Waals surface area contributed by atoms with Crippen LogP contribution in [0.3, 0.4) is 0 Å². The van der Waals surface area contributed by atoms with E-state index in [2.05, 4.69) is 45.8 Å². The molecule has 1 heterocycles. The van der Waals surface area contributed by atoms with Crippen LogP contribution < -0.4 is 5.32 Å². The van der Waals surface area contributed by atoms with Crippen LogP contribution in [-0.2, 0) is 0 Å². The van der Waals surface area contributed by atoms with Gasteiger partial charge in [-0.15, -0.1) is 6.58 Å². The second-order valence-electron chi connectivity index (χ2n) is 3.77. The third kappa shape index (κ3) is 4.14. The molecule has 0 aromatic carbocycles. The lowest BCUT2D eigenvalue weighted by Crippen LogP contribution is -2.16. The fraction of sp³-hybridized carbons (Fsp3) is 0.417. The Kier molecular flexibility index (Phi) is 4.99. The van der Waals surface area contributed by atoms with E-state index >= 15 is 0 Å². The Morgan fingerprint density at radius 1 is 1.60 bits per heavy atom. The van der Waals surface area contributed by atoms with Gasteiger partial charge in [0.1, 0.15) is 0 Å². The van der Waals surface area contributed by atoms with Crippen LogP contribution in [0.4, 0.5) is 0 Å². The maximum absolute atomic E-state index is 4.17. The minimum Gasteiger partial charge on any atom is -0.313 e. The smallest absolute Gasteiger partial charge is 0.0410 e. The number of hydrogen-bond donors (Lipinski definition) is 1. The van der Waals surface area contributed by atoms with Gasteiger partial charge in [-0.1, -0.05) is 5.57 Å². The number of rotatable bonds is 5. The topological polar surface area (TPSA) is 24.9 Å². The number of hydrogen-bond acceptors (Lipinski definition) is 2. The predicted molar refractivity (Wildman–Crippen MR) is 67.8 cm³/mol. The number of pyridine rings is 1. The van der Waals surface area contributed by atoms with E-state index in [0.29, 0.717) is 6.04 Å². The van der Waals surface area contributed by atoms with E-state index in [1.165, 1.54) is 11.1 Å². The Labute approximate surface area is 99.9 Å². The lowest BCUT2D eigenvalue weighted by Gasteiger charge is -2.16. The molecule has 0 saturated carbocycles. The van der Waals surface area contributed by atoms with E-state index in [1.807, 2.05) is 13.2 Å². The van der Waals surface area contributed by atoms with Crippen molar-refractivity contribution in [3.63, 3.8) is 0 Å². The van der Waals surface area contributed by atoms with Crippen molar-refractivity contribution in [3.8, 4) is 0 Å². The Morgan fingerprint density at radius 3 is 2.87 bits per heavy atom. The molecule has 1 atom stereocenters. The monoisotopic (exact) mass is 268 g/mol. The number of halogens is 1. The van der Waals surface area contributed by atoms with Crippen molar-refractivity contribution in [1.29, 1.82) is 0 Å². The van der Waals surface area contributed by atoms with Crippen LogP contribution in [-0.4, -0.2) is 12.0 Å². The van der Waals surface area contributed by atoms with Crippen molar-refractivity contribution in [2.45, 2.75) is 25.8 Å². The van der Waals surface area contributed by atoms with E-state index in [9.17, 15) is 0 Å². The van der Waals surface area contributed by atoms with Crippen LogP contribution in [0.5, 0.6) is 0 Å². The van der Waals surface area contributed by atoms with Crippen LogP contribution in [0.1, 0.15) is 31.4 Å². The average molecular weight is 269 g/mol.